The smallest absolute Gasteiger partial charge is 0.228 e. The predicted molar refractivity (Wildman–Crippen MR) is 80.1 cm³/mol. The molecule has 2 atom stereocenters. The number of pyridine rings is 1. The lowest BCUT2D eigenvalue weighted by Crippen LogP contribution is -2.60. The molecule has 0 aliphatic carbocycles. The summed E-state index contributed by atoms with van der Waals surface area (Å²) in [5, 5.41) is 0. The maximum Gasteiger partial charge on any atom is 0.228 e. The Hall–Kier alpha value is -1.47. The molecule has 0 spiro atoms. The van der Waals surface area contributed by atoms with E-state index in [1.165, 1.54) is 10.6 Å². The van der Waals surface area contributed by atoms with Crippen LogP contribution >= 0.6 is 0 Å². The molecule has 6 nitrogen and oxygen atoms in total. The number of carbonyl (C=O) groups excluding carboxylic acids is 1. The lowest BCUT2D eigenvalue weighted by atomic mass is 10.1. The number of nitrogens with zero attached hydrogens (tertiary/aromatic N) is 3. The summed E-state index contributed by atoms with van der Waals surface area (Å²) >= 11 is 0. The molecule has 0 radical (unpaired) electrons. The van der Waals surface area contributed by atoms with Crippen LogP contribution in [0.25, 0.3) is 0 Å². The van der Waals surface area contributed by atoms with Crippen molar-refractivity contribution in [3.8, 4) is 0 Å². The van der Waals surface area contributed by atoms with Gasteiger partial charge in [-0.25, -0.2) is 8.42 Å². The van der Waals surface area contributed by atoms with Gasteiger partial charge in [-0.2, -0.15) is 4.31 Å². The molecule has 0 unspecified atom stereocenters. The van der Waals surface area contributed by atoms with Crippen LogP contribution in [0.1, 0.15) is 19.5 Å². The fourth-order valence-corrected chi connectivity index (χ4v) is 3.89. The number of sulfonamides is 1. The highest BCUT2D eigenvalue weighted by Crippen LogP contribution is 2.20. The standard InChI is InChI=1S/C14H21N3O3S/c1-11-12(2)17(21(3,19)20)9-8-16(11)14(18)10-13-6-4-5-7-15-13/h4-7,11-12H,8-10H2,1-3H3/t11-,12+/m0/s1. The average Bonchev–Trinajstić information content (AvgIpc) is 2.41. The van der Waals surface area contributed by atoms with Gasteiger partial charge in [0.2, 0.25) is 15.9 Å². The molecule has 21 heavy (non-hydrogen) atoms. The second-order valence-corrected chi connectivity index (χ2v) is 7.37. The van der Waals surface area contributed by atoms with E-state index in [4.69, 9.17) is 0 Å². The SMILES string of the molecule is C[C@@H]1[C@H](C)N(C(=O)Cc2ccccn2)CCN1S(C)(=O)=O. The molecule has 2 heterocycles. The molecule has 0 aromatic carbocycles. The number of amides is 1. The third kappa shape index (κ3) is 3.59. The number of hydrogen-bond acceptors (Lipinski definition) is 4. The molecule has 0 bridgehead atoms. The molecule has 1 saturated heterocycles. The van der Waals surface area contributed by atoms with Gasteiger partial charge in [0.25, 0.3) is 0 Å². The Morgan fingerprint density at radius 3 is 2.57 bits per heavy atom. The highest BCUT2D eigenvalue weighted by Gasteiger charge is 2.37. The van der Waals surface area contributed by atoms with Crippen molar-refractivity contribution in [3.63, 3.8) is 0 Å². The number of aromatic nitrogens is 1. The van der Waals surface area contributed by atoms with E-state index < -0.39 is 10.0 Å². The summed E-state index contributed by atoms with van der Waals surface area (Å²) in [4.78, 5) is 18.3. The Balaban J connectivity index is 2.07. The van der Waals surface area contributed by atoms with Crippen molar-refractivity contribution >= 4 is 15.9 Å². The maximum absolute atomic E-state index is 12.4. The van der Waals surface area contributed by atoms with Crippen LogP contribution in [-0.4, -0.2) is 59.9 Å². The van der Waals surface area contributed by atoms with E-state index in [1.54, 1.807) is 11.1 Å². The number of hydrogen-bond donors (Lipinski definition) is 0. The molecular formula is C14H21N3O3S. The molecule has 7 heteroatoms. The van der Waals surface area contributed by atoms with Crippen LogP contribution in [0.15, 0.2) is 24.4 Å². The minimum Gasteiger partial charge on any atom is -0.337 e. The van der Waals surface area contributed by atoms with Gasteiger partial charge in [0.15, 0.2) is 0 Å². The summed E-state index contributed by atoms with van der Waals surface area (Å²) in [5.74, 6) is -0.0128. The Kier molecular flexibility index (Phi) is 4.63. The molecule has 1 aliphatic heterocycles. The van der Waals surface area contributed by atoms with Gasteiger partial charge in [-0.3, -0.25) is 9.78 Å². The van der Waals surface area contributed by atoms with Gasteiger partial charge in [-0.1, -0.05) is 6.07 Å². The Bertz CT molecular complexity index is 603. The molecule has 1 fully saturated rings. The van der Waals surface area contributed by atoms with Crippen molar-refractivity contribution in [1.29, 1.82) is 0 Å². The average molecular weight is 311 g/mol. The normalized spacial score (nSPS) is 24.0. The predicted octanol–water partition coefficient (Wildman–Crippen LogP) is 0.505. The monoisotopic (exact) mass is 311 g/mol. The summed E-state index contributed by atoms with van der Waals surface area (Å²) < 4.78 is 24.9. The van der Waals surface area contributed by atoms with Crippen molar-refractivity contribution in [2.75, 3.05) is 19.3 Å². The van der Waals surface area contributed by atoms with Gasteiger partial charge in [0, 0.05) is 37.1 Å². The Labute approximate surface area is 125 Å². The van der Waals surface area contributed by atoms with Crippen LogP contribution in [-0.2, 0) is 21.2 Å². The van der Waals surface area contributed by atoms with Crippen molar-refractivity contribution in [2.24, 2.45) is 0 Å². The molecule has 1 amide bonds. The molecule has 116 valence electrons. The maximum atomic E-state index is 12.4. The zero-order valence-corrected chi connectivity index (χ0v) is 13.4. The summed E-state index contributed by atoms with van der Waals surface area (Å²) in [6.07, 6.45) is 3.12. The van der Waals surface area contributed by atoms with E-state index in [0.29, 0.717) is 13.1 Å². The van der Waals surface area contributed by atoms with Gasteiger partial charge < -0.3 is 4.90 Å². The van der Waals surface area contributed by atoms with Crippen molar-refractivity contribution in [1.82, 2.24) is 14.2 Å². The van der Waals surface area contributed by atoms with E-state index in [2.05, 4.69) is 4.98 Å². The van der Waals surface area contributed by atoms with E-state index in [-0.39, 0.29) is 24.4 Å². The van der Waals surface area contributed by atoms with Gasteiger partial charge in [-0.05, 0) is 26.0 Å². The third-order valence-electron chi connectivity index (χ3n) is 4.01. The van der Waals surface area contributed by atoms with Crippen LogP contribution in [0.2, 0.25) is 0 Å². The molecule has 2 rings (SSSR count). The van der Waals surface area contributed by atoms with Gasteiger partial charge >= 0.3 is 0 Å². The quantitative estimate of drug-likeness (QED) is 0.815. The first-order chi connectivity index (χ1) is 9.80. The first-order valence-corrected chi connectivity index (χ1v) is 8.81. The summed E-state index contributed by atoms with van der Waals surface area (Å²) in [6.45, 7) is 4.49. The van der Waals surface area contributed by atoms with E-state index >= 15 is 0 Å². The third-order valence-corrected chi connectivity index (χ3v) is 5.38. The minimum absolute atomic E-state index is 0.0128. The van der Waals surface area contributed by atoms with E-state index in [0.717, 1.165) is 5.69 Å². The minimum atomic E-state index is -3.23. The number of carbonyl (C=O) groups is 1. The van der Waals surface area contributed by atoms with Crippen LogP contribution in [0.3, 0.4) is 0 Å². The zero-order chi connectivity index (χ0) is 15.6. The van der Waals surface area contributed by atoms with Gasteiger partial charge in [-0.15, -0.1) is 0 Å². The molecular weight excluding hydrogens is 290 g/mol. The first kappa shape index (κ1) is 15.9. The van der Waals surface area contributed by atoms with Crippen molar-refractivity contribution < 1.29 is 13.2 Å². The summed E-state index contributed by atoms with van der Waals surface area (Å²) in [7, 11) is -3.23. The molecule has 1 aliphatic rings. The topological polar surface area (TPSA) is 70.6 Å². The van der Waals surface area contributed by atoms with Crippen molar-refractivity contribution in [3.05, 3.63) is 30.1 Å². The van der Waals surface area contributed by atoms with Gasteiger partial charge in [0.1, 0.15) is 0 Å². The number of rotatable bonds is 3. The second-order valence-electron chi connectivity index (χ2n) is 5.44. The van der Waals surface area contributed by atoms with Gasteiger partial charge in [0.05, 0.1) is 12.7 Å². The molecule has 1 aromatic heterocycles. The Morgan fingerprint density at radius 1 is 1.29 bits per heavy atom. The lowest BCUT2D eigenvalue weighted by Gasteiger charge is -2.43. The van der Waals surface area contributed by atoms with Crippen LogP contribution in [0.5, 0.6) is 0 Å². The highest BCUT2D eigenvalue weighted by molar-refractivity contribution is 7.88. The lowest BCUT2D eigenvalue weighted by molar-refractivity contribution is -0.135. The van der Waals surface area contributed by atoms with Crippen LogP contribution < -0.4 is 0 Å². The highest BCUT2D eigenvalue weighted by atomic mass is 32.2. The van der Waals surface area contributed by atoms with E-state index in [9.17, 15) is 13.2 Å². The zero-order valence-electron chi connectivity index (χ0n) is 12.6. The molecule has 1 aromatic rings. The molecule has 0 saturated carbocycles. The fourth-order valence-electron chi connectivity index (χ4n) is 2.69. The molecule has 0 N–H and O–H groups in total. The van der Waals surface area contributed by atoms with Crippen molar-refractivity contribution in [2.45, 2.75) is 32.4 Å². The van der Waals surface area contributed by atoms with Crippen LogP contribution in [0, 0.1) is 0 Å². The second kappa shape index (κ2) is 6.11. The Morgan fingerprint density at radius 2 is 2.00 bits per heavy atom. The first-order valence-electron chi connectivity index (χ1n) is 6.97. The summed E-state index contributed by atoms with van der Waals surface area (Å²) in [5.41, 5.74) is 0.730. The van der Waals surface area contributed by atoms with E-state index in [1.807, 2.05) is 32.0 Å². The van der Waals surface area contributed by atoms with Crippen LogP contribution in [0.4, 0.5) is 0 Å². The summed E-state index contributed by atoms with van der Waals surface area (Å²) in [6, 6.07) is 5.11. The number of piperazine rings is 1. The largest absolute Gasteiger partial charge is 0.337 e. The fraction of sp³-hybridized carbons (Fsp3) is 0.571.